The van der Waals surface area contributed by atoms with Crippen molar-refractivity contribution in [2.45, 2.75) is 61.3 Å². The van der Waals surface area contributed by atoms with E-state index in [1.165, 1.54) is 27.3 Å². The number of rotatable bonds is 2. The fourth-order valence-corrected chi connectivity index (χ4v) is 5.95. The second-order valence-electron chi connectivity index (χ2n) is 9.39. The second-order valence-corrected chi connectivity index (χ2v) is 9.39. The van der Waals surface area contributed by atoms with E-state index < -0.39 is 0 Å². The molecule has 1 aromatic heterocycles. The number of aromatic nitrogens is 1. The highest BCUT2D eigenvalue weighted by molar-refractivity contribution is 5.88. The van der Waals surface area contributed by atoms with Gasteiger partial charge in [-0.05, 0) is 73.1 Å². The molecular weight excluding hydrogens is 314 g/mol. The largest absolute Gasteiger partial charge is 0.256 e. The van der Waals surface area contributed by atoms with Gasteiger partial charge in [0.15, 0.2) is 0 Å². The Morgan fingerprint density at radius 3 is 2.62 bits per heavy atom. The minimum absolute atomic E-state index is 0.0383. The van der Waals surface area contributed by atoms with E-state index in [-0.39, 0.29) is 10.8 Å². The predicted octanol–water partition coefficient (Wildman–Crippen LogP) is 5.17. The van der Waals surface area contributed by atoms with Gasteiger partial charge >= 0.3 is 0 Å². The first kappa shape index (κ1) is 17.5. The van der Waals surface area contributed by atoms with Crippen LogP contribution < -0.4 is 10.4 Å². The second kappa shape index (κ2) is 5.55. The molecule has 0 amide bonds. The number of pyridine rings is 1. The quantitative estimate of drug-likeness (QED) is 0.674. The van der Waals surface area contributed by atoms with Crippen LogP contribution in [0.3, 0.4) is 0 Å². The molecule has 0 aliphatic heterocycles. The molecule has 0 N–H and O–H groups in total. The Morgan fingerprint density at radius 2 is 1.92 bits per heavy atom. The van der Waals surface area contributed by atoms with Gasteiger partial charge in [-0.1, -0.05) is 51.5 Å². The van der Waals surface area contributed by atoms with Crippen LogP contribution in [0.5, 0.6) is 0 Å². The average molecular weight is 346 g/mol. The van der Waals surface area contributed by atoms with E-state index in [2.05, 4.69) is 72.8 Å². The van der Waals surface area contributed by atoms with Gasteiger partial charge in [-0.25, -0.2) is 0 Å². The number of allylic oxidation sites excluding steroid dienone is 6. The first-order valence-electron chi connectivity index (χ1n) is 9.96. The van der Waals surface area contributed by atoms with Gasteiger partial charge in [0.2, 0.25) is 0 Å². The fourth-order valence-electron chi connectivity index (χ4n) is 5.95. The van der Waals surface area contributed by atoms with Crippen molar-refractivity contribution in [3.63, 3.8) is 0 Å². The zero-order valence-corrected chi connectivity index (χ0v) is 17.3. The van der Waals surface area contributed by atoms with E-state index in [1.54, 1.807) is 16.7 Å². The van der Waals surface area contributed by atoms with Crippen molar-refractivity contribution in [1.29, 1.82) is 0 Å². The van der Waals surface area contributed by atoms with Crippen LogP contribution in [0.25, 0.3) is 17.2 Å². The van der Waals surface area contributed by atoms with Gasteiger partial charge in [-0.15, -0.1) is 0 Å². The third-order valence-corrected chi connectivity index (χ3v) is 6.80. The van der Waals surface area contributed by atoms with Crippen molar-refractivity contribution in [1.82, 2.24) is 4.98 Å². The maximum atomic E-state index is 4.96. The van der Waals surface area contributed by atoms with E-state index >= 15 is 0 Å². The normalized spacial score (nSPS) is 25.5. The molecule has 0 bridgehead atoms. The summed E-state index contributed by atoms with van der Waals surface area (Å²) in [6, 6.07) is 2.20. The molecule has 1 atom stereocenters. The Morgan fingerprint density at radius 1 is 1.19 bits per heavy atom. The molecule has 0 aromatic carbocycles. The molecule has 0 saturated heterocycles. The summed E-state index contributed by atoms with van der Waals surface area (Å²) < 4.78 is 0. The molecule has 1 aromatic rings. The minimum Gasteiger partial charge on any atom is -0.256 e. The molecule has 3 aliphatic rings. The van der Waals surface area contributed by atoms with Gasteiger partial charge in [0.05, 0.1) is 5.69 Å². The Hall–Kier alpha value is -1.89. The summed E-state index contributed by atoms with van der Waals surface area (Å²) in [4.78, 5) is 4.96. The molecule has 3 aliphatic carbocycles. The molecule has 26 heavy (non-hydrogen) atoms. The summed E-state index contributed by atoms with van der Waals surface area (Å²) in [6.07, 6.45) is 11.2. The summed E-state index contributed by atoms with van der Waals surface area (Å²) in [5.74, 6) is 0.536. The topological polar surface area (TPSA) is 12.9 Å². The molecule has 1 nitrogen and oxygen atoms in total. The molecule has 136 valence electrons. The van der Waals surface area contributed by atoms with Crippen molar-refractivity contribution in [2.75, 3.05) is 0 Å². The van der Waals surface area contributed by atoms with Gasteiger partial charge in [-0.3, -0.25) is 4.98 Å². The summed E-state index contributed by atoms with van der Waals surface area (Å²) in [7, 11) is 0. The Kier molecular flexibility index (Phi) is 3.74. The zero-order chi connectivity index (χ0) is 18.9. The van der Waals surface area contributed by atoms with Crippen molar-refractivity contribution in [3.05, 3.63) is 57.3 Å². The molecule has 4 rings (SSSR count). The van der Waals surface area contributed by atoms with E-state index in [0.717, 1.165) is 12.8 Å². The number of fused-ring (bicyclic) bond motifs is 1. The molecule has 0 radical (unpaired) electrons. The van der Waals surface area contributed by atoms with E-state index in [9.17, 15) is 0 Å². The third-order valence-electron chi connectivity index (χ3n) is 6.80. The summed E-state index contributed by atoms with van der Waals surface area (Å²) in [5, 5.41) is 2.81. The van der Waals surface area contributed by atoms with Crippen LogP contribution in [-0.2, 0) is 0 Å². The van der Waals surface area contributed by atoms with Crippen LogP contribution >= 0.6 is 0 Å². The van der Waals surface area contributed by atoms with Gasteiger partial charge in [0.25, 0.3) is 0 Å². The molecule has 1 heteroatoms. The highest BCUT2D eigenvalue weighted by Crippen LogP contribution is 2.56. The SMILES string of the molecule is CC=CCC1CC(C)=C(C)C2=C1c1nccc3c1=C(C(C)(C)C=3)C2(C)C. The highest BCUT2D eigenvalue weighted by atomic mass is 14.7. The Balaban J connectivity index is 2.12. The first-order chi connectivity index (χ1) is 12.2. The molecule has 1 heterocycles. The number of hydrogen-bond acceptors (Lipinski definition) is 1. The van der Waals surface area contributed by atoms with Crippen LogP contribution in [0.4, 0.5) is 0 Å². The van der Waals surface area contributed by atoms with Crippen LogP contribution in [0.2, 0.25) is 0 Å². The van der Waals surface area contributed by atoms with Crippen molar-refractivity contribution in [3.8, 4) is 0 Å². The molecule has 0 fully saturated rings. The number of nitrogens with zero attached hydrogens (tertiary/aromatic N) is 1. The lowest BCUT2D eigenvalue weighted by molar-refractivity contribution is 0.498. The molecule has 0 spiro atoms. The highest BCUT2D eigenvalue weighted by Gasteiger charge is 2.46. The molecular formula is C25H31N. The summed E-state index contributed by atoms with van der Waals surface area (Å²) in [6.45, 7) is 16.4. The lowest BCUT2D eigenvalue weighted by Crippen LogP contribution is -2.41. The van der Waals surface area contributed by atoms with Gasteiger partial charge < -0.3 is 0 Å². The van der Waals surface area contributed by atoms with Crippen LogP contribution in [0.15, 0.2) is 41.1 Å². The van der Waals surface area contributed by atoms with Crippen molar-refractivity contribution < 1.29 is 0 Å². The van der Waals surface area contributed by atoms with Crippen molar-refractivity contribution >= 4 is 17.2 Å². The Labute approximate surface area is 157 Å². The fraction of sp³-hybridized carbons (Fsp3) is 0.480. The van der Waals surface area contributed by atoms with Crippen LogP contribution in [0.1, 0.15) is 67.0 Å². The minimum atomic E-state index is 0.0383. The maximum Gasteiger partial charge on any atom is 0.0746 e. The van der Waals surface area contributed by atoms with E-state index in [4.69, 9.17) is 4.98 Å². The van der Waals surface area contributed by atoms with Crippen LogP contribution in [0, 0.1) is 16.7 Å². The van der Waals surface area contributed by atoms with Gasteiger partial charge in [-0.2, -0.15) is 0 Å². The smallest absolute Gasteiger partial charge is 0.0746 e. The lowest BCUT2D eigenvalue weighted by atomic mass is 9.59. The van der Waals surface area contributed by atoms with Crippen molar-refractivity contribution in [2.24, 2.45) is 16.7 Å². The molecule has 0 saturated carbocycles. The predicted molar refractivity (Wildman–Crippen MR) is 112 cm³/mol. The maximum absolute atomic E-state index is 4.96. The third kappa shape index (κ3) is 2.19. The summed E-state index contributed by atoms with van der Waals surface area (Å²) in [5.41, 5.74) is 9.04. The number of hydrogen-bond donors (Lipinski definition) is 0. The van der Waals surface area contributed by atoms with Crippen LogP contribution in [-0.4, -0.2) is 4.98 Å². The van der Waals surface area contributed by atoms with Gasteiger partial charge in [0, 0.05) is 22.2 Å². The lowest BCUT2D eigenvalue weighted by Gasteiger charge is -2.45. The van der Waals surface area contributed by atoms with E-state index in [0.29, 0.717) is 5.92 Å². The van der Waals surface area contributed by atoms with Gasteiger partial charge in [0.1, 0.15) is 0 Å². The standard InChI is InChI=1S/C25H31N/c1-8-9-10-17-13-15(2)16(3)21-19(17)22-20-18(11-12-26-22)14-24(4,5)23(20)25(21,6)7/h8-9,11-12,14,17H,10,13H2,1-7H3. The summed E-state index contributed by atoms with van der Waals surface area (Å²) >= 11 is 0. The first-order valence-corrected chi connectivity index (χ1v) is 9.96. The average Bonchev–Trinajstić information content (AvgIpc) is 2.85. The molecule has 1 unspecified atom stereocenters. The monoisotopic (exact) mass is 345 g/mol. The Bertz CT molecular complexity index is 1010. The van der Waals surface area contributed by atoms with E-state index in [1.807, 2.05) is 6.20 Å². The zero-order valence-electron chi connectivity index (χ0n) is 17.3.